The van der Waals surface area contributed by atoms with Crippen LogP contribution in [0.3, 0.4) is 0 Å². The van der Waals surface area contributed by atoms with Crippen molar-refractivity contribution in [3.8, 4) is 10.6 Å². The second-order valence-electron chi connectivity index (χ2n) is 6.34. The second-order valence-corrected chi connectivity index (χ2v) is 7.59. The quantitative estimate of drug-likeness (QED) is 0.336. The number of thiazole rings is 1. The Morgan fingerprint density at radius 1 is 1.21 bits per heavy atom. The maximum atomic E-state index is 12.2. The van der Waals surface area contributed by atoms with E-state index in [1.54, 1.807) is 28.4 Å². The number of carbonyl (C=O) groups is 1. The van der Waals surface area contributed by atoms with Crippen LogP contribution in [0.1, 0.15) is 11.3 Å². The predicted molar refractivity (Wildman–Crippen MR) is 114 cm³/mol. The number of anilines is 2. The van der Waals surface area contributed by atoms with E-state index in [0.717, 1.165) is 32.9 Å². The number of halogens is 1. The van der Waals surface area contributed by atoms with E-state index in [1.165, 1.54) is 11.3 Å². The van der Waals surface area contributed by atoms with Crippen LogP contribution in [0.25, 0.3) is 21.6 Å². The van der Waals surface area contributed by atoms with Crippen LogP contribution in [-0.2, 0) is 7.05 Å². The third-order valence-corrected chi connectivity index (χ3v) is 5.29. The van der Waals surface area contributed by atoms with Gasteiger partial charge < -0.3 is 0 Å². The lowest BCUT2D eigenvalue weighted by Gasteiger charge is -2.09. The van der Waals surface area contributed by atoms with Crippen molar-refractivity contribution in [2.45, 2.75) is 13.8 Å². The highest BCUT2D eigenvalue weighted by Gasteiger charge is 2.12. The van der Waals surface area contributed by atoms with Crippen molar-refractivity contribution < 1.29 is 4.79 Å². The lowest BCUT2D eigenvalue weighted by atomic mass is 10.1. The highest BCUT2D eigenvalue weighted by molar-refractivity contribution is 7.13. The summed E-state index contributed by atoms with van der Waals surface area (Å²) in [6, 6.07) is 4.91. The first-order valence-corrected chi connectivity index (χ1v) is 9.88. The van der Waals surface area contributed by atoms with E-state index in [4.69, 9.17) is 11.6 Å². The molecular formula is C18H17ClN8OS. The minimum atomic E-state index is -0.463. The lowest BCUT2D eigenvalue weighted by Crippen LogP contribution is -2.34. The van der Waals surface area contributed by atoms with E-state index in [2.05, 4.69) is 36.2 Å². The zero-order chi connectivity index (χ0) is 20.5. The Kier molecular flexibility index (Phi) is 5.03. The molecule has 0 aliphatic rings. The molecule has 0 saturated heterocycles. The van der Waals surface area contributed by atoms with Crippen molar-refractivity contribution in [1.29, 1.82) is 0 Å². The van der Waals surface area contributed by atoms with E-state index in [-0.39, 0.29) is 0 Å². The summed E-state index contributed by atoms with van der Waals surface area (Å²) >= 11 is 7.30. The molecule has 11 heteroatoms. The number of hydrogen-bond acceptors (Lipinski definition) is 7. The summed E-state index contributed by atoms with van der Waals surface area (Å²) in [6.07, 6.45) is 1.61. The fraction of sp³-hybridized carbons (Fsp3) is 0.167. The fourth-order valence-electron chi connectivity index (χ4n) is 2.99. The SMILES string of the molecule is Cc1cc(NNC(=O)Nc2csc(-c3ccnc(Cl)c3)n2)nc2c1c(C)nn2C. The molecule has 29 heavy (non-hydrogen) atoms. The van der Waals surface area contributed by atoms with Crippen LogP contribution in [0.5, 0.6) is 0 Å². The largest absolute Gasteiger partial charge is 0.339 e. The van der Waals surface area contributed by atoms with Gasteiger partial charge in [0.15, 0.2) is 5.65 Å². The first kappa shape index (κ1) is 19.1. The van der Waals surface area contributed by atoms with Gasteiger partial charge in [-0.25, -0.2) is 25.2 Å². The highest BCUT2D eigenvalue weighted by atomic mass is 35.5. The molecule has 4 heterocycles. The number of aryl methyl sites for hydroxylation is 3. The zero-order valence-electron chi connectivity index (χ0n) is 15.8. The van der Waals surface area contributed by atoms with Gasteiger partial charge in [-0.05, 0) is 37.6 Å². The van der Waals surface area contributed by atoms with Gasteiger partial charge in [-0.1, -0.05) is 11.6 Å². The number of hydrazine groups is 1. The van der Waals surface area contributed by atoms with Crippen molar-refractivity contribution in [2.24, 2.45) is 7.05 Å². The maximum Gasteiger partial charge on any atom is 0.339 e. The summed E-state index contributed by atoms with van der Waals surface area (Å²) in [5.74, 6) is 0.942. The molecule has 0 bridgehead atoms. The van der Waals surface area contributed by atoms with Gasteiger partial charge in [0.25, 0.3) is 0 Å². The summed E-state index contributed by atoms with van der Waals surface area (Å²) in [5, 5.41) is 10.9. The standard InChI is InChI=1S/C18H17ClN8OS/c1-9-6-13(21-16-15(9)10(2)26-27(16)3)24-25-18(28)23-14-8-29-17(22-14)11-4-5-20-12(19)7-11/h4-8H,1-3H3,(H,21,24)(H2,23,25,28). The Morgan fingerprint density at radius 3 is 2.83 bits per heavy atom. The Balaban J connectivity index is 1.42. The first-order chi connectivity index (χ1) is 13.9. The van der Waals surface area contributed by atoms with Gasteiger partial charge in [0, 0.05) is 29.6 Å². The van der Waals surface area contributed by atoms with Crippen LogP contribution in [0, 0.1) is 13.8 Å². The number of aromatic nitrogens is 5. The molecule has 2 amide bonds. The van der Waals surface area contributed by atoms with E-state index < -0.39 is 6.03 Å². The van der Waals surface area contributed by atoms with Crippen molar-refractivity contribution in [1.82, 2.24) is 30.2 Å². The summed E-state index contributed by atoms with van der Waals surface area (Å²) < 4.78 is 1.71. The maximum absolute atomic E-state index is 12.2. The molecule has 3 N–H and O–H groups in total. The molecule has 148 valence electrons. The summed E-state index contributed by atoms with van der Waals surface area (Å²) in [6.45, 7) is 3.92. The van der Waals surface area contributed by atoms with Crippen molar-refractivity contribution in [2.75, 3.05) is 10.7 Å². The molecule has 0 aromatic carbocycles. The molecule has 0 aliphatic heterocycles. The number of rotatable bonds is 4. The van der Waals surface area contributed by atoms with Gasteiger partial charge in [-0.15, -0.1) is 11.3 Å². The average Bonchev–Trinajstić information content (AvgIpc) is 3.25. The van der Waals surface area contributed by atoms with E-state index >= 15 is 0 Å². The van der Waals surface area contributed by atoms with Gasteiger partial charge in [0.2, 0.25) is 0 Å². The van der Waals surface area contributed by atoms with E-state index in [9.17, 15) is 4.79 Å². The number of pyridine rings is 2. The monoisotopic (exact) mass is 428 g/mol. The Labute approximate surface area is 175 Å². The summed E-state index contributed by atoms with van der Waals surface area (Å²) in [7, 11) is 1.83. The van der Waals surface area contributed by atoms with Crippen LogP contribution < -0.4 is 16.2 Å². The number of amides is 2. The van der Waals surface area contributed by atoms with Gasteiger partial charge in [-0.3, -0.25) is 15.4 Å². The molecule has 4 aromatic heterocycles. The normalized spacial score (nSPS) is 10.9. The molecule has 0 saturated carbocycles. The highest BCUT2D eigenvalue weighted by Crippen LogP contribution is 2.27. The molecule has 0 fully saturated rings. The predicted octanol–water partition coefficient (Wildman–Crippen LogP) is 3.91. The minimum absolute atomic E-state index is 0.387. The third kappa shape index (κ3) is 3.98. The van der Waals surface area contributed by atoms with Crippen LogP contribution in [0.15, 0.2) is 29.8 Å². The molecule has 0 aliphatic carbocycles. The van der Waals surface area contributed by atoms with Crippen molar-refractivity contribution in [3.05, 3.63) is 46.2 Å². The minimum Gasteiger partial charge on any atom is -0.290 e. The van der Waals surface area contributed by atoms with Crippen molar-refractivity contribution in [3.63, 3.8) is 0 Å². The zero-order valence-corrected chi connectivity index (χ0v) is 17.4. The molecule has 0 spiro atoms. The van der Waals surface area contributed by atoms with Gasteiger partial charge in [0.05, 0.1) is 5.69 Å². The number of nitrogens with one attached hydrogen (secondary N) is 3. The van der Waals surface area contributed by atoms with E-state index in [0.29, 0.717) is 16.8 Å². The fourth-order valence-corrected chi connectivity index (χ4v) is 3.91. The third-order valence-electron chi connectivity index (χ3n) is 4.19. The van der Waals surface area contributed by atoms with E-state index in [1.807, 2.05) is 27.0 Å². The molecular weight excluding hydrogens is 412 g/mol. The van der Waals surface area contributed by atoms with Crippen LogP contribution >= 0.6 is 22.9 Å². The van der Waals surface area contributed by atoms with Gasteiger partial charge >= 0.3 is 6.03 Å². The number of carbonyl (C=O) groups excluding carboxylic acids is 1. The summed E-state index contributed by atoms with van der Waals surface area (Å²) in [5.41, 5.74) is 8.89. The van der Waals surface area contributed by atoms with Crippen LogP contribution in [0.4, 0.5) is 16.4 Å². The number of urea groups is 1. The smallest absolute Gasteiger partial charge is 0.290 e. The number of nitrogens with zero attached hydrogens (tertiary/aromatic N) is 5. The number of hydrogen-bond donors (Lipinski definition) is 3. The summed E-state index contributed by atoms with van der Waals surface area (Å²) in [4.78, 5) is 25.1. The number of fused-ring (bicyclic) bond motifs is 1. The van der Waals surface area contributed by atoms with Gasteiger partial charge in [0.1, 0.15) is 21.8 Å². The second kappa shape index (κ2) is 7.64. The Bertz CT molecular complexity index is 1220. The molecule has 0 unspecified atom stereocenters. The van der Waals surface area contributed by atoms with Gasteiger partial charge in [-0.2, -0.15) is 5.10 Å². The molecule has 0 radical (unpaired) electrons. The first-order valence-electron chi connectivity index (χ1n) is 8.62. The van der Waals surface area contributed by atoms with Crippen LogP contribution in [0.2, 0.25) is 5.15 Å². The molecule has 4 rings (SSSR count). The Morgan fingerprint density at radius 2 is 2.03 bits per heavy atom. The van der Waals surface area contributed by atoms with Crippen molar-refractivity contribution >= 4 is 51.6 Å². The molecule has 4 aromatic rings. The topological polar surface area (TPSA) is 110 Å². The van der Waals surface area contributed by atoms with Crippen LogP contribution in [-0.4, -0.2) is 30.8 Å². The lowest BCUT2D eigenvalue weighted by molar-refractivity contribution is 0.253. The molecule has 9 nitrogen and oxygen atoms in total. The Hall–Kier alpha value is -3.24. The average molecular weight is 429 g/mol. The molecule has 0 atom stereocenters.